The quantitative estimate of drug-likeness (QED) is 0.686. The Morgan fingerprint density at radius 2 is 1.87 bits per heavy atom. The first-order valence-electron chi connectivity index (χ1n) is 5.46. The van der Waals surface area contributed by atoms with Gasteiger partial charge < -0.3 is 4.79 Å². The lowest BCUT2D eigenvalue weighted by atomic mass is 9.74. The number of hydrogen-bond donors (Lipinski definition) is 0. The molecule has 0 aliphatic heterocycles. The van der Waals surface area contributed by atoms with Crippen LogP contribution < -0.4 is 0 Å². The molecule has 1 heteroatoms. The zero-order valence-electron chi connectivity index (χ0n) is 10.1. The van der Waals surface area contributed by atoms with Crippen molar-refractivity contribution in [2.75, 3.05) is 0 Å². The predicted molar refractivity (Wildman–Crippen MR) is 64.1 cm³/mol. The molecule has 1 aromatic rings. The third-order valence-electron chi connectivity index (χ3n) is 2.94. The summed E-state index contributed by atoms with van der Waals surface area (Å²) in [6.45, 7) is 8.67. The molecular formula is C14H20O. The van der Waals surface area contributed by atoms with Gasteiger partial charge in [-0.3, -0.25) is 0 Å². The van der Waals surface area contributed by atoms with Gasteiger partial charge in [-0.2, -0.15) is 0 Å². The molecule has 0 saturated carbocycles. The Kier molecular flexibility index (Phi) is 3.67. The standard InChI is InChI=1S/C14H20O/c1-11-7-5-6-8-12(11)13(9-10-15)14(2,3)4/h5-8,10,13H,9H2,1-4H3. The number of rotatable bonds is 3. The fourth-order valence-electron chi connectivity index (χ4n) is 2.02. The monoisotopic (exact) mass is 204 g/mol. The van der Waals surface area contributed by atoms with E-state index in [1.54, 1.807) is 0 Å². The van der Waals surface area contributed by atoms with Gasteiger partial charge in [0.1, 0.15) is 6.29 Å². The van der Waals surface area contributed by atoms with Crippen LogP contribution in [0.3, 0.4) is 0 Å². The van der Waals surface area contributed by atoms with Gasteiger partial charge in [-0.1, -0.05) is 45.0 Å². The van der Waals surface area contributed by atoms with Gasteiger partial charge in [-0.05, 0) is 29.4 Å². The predicted octanol–water partition coefficient (Wildman–Crippen LogP) is 3.71. The number of aryl methyl sites for hydroxylation is 1. The van der Waals surface area contributed by atoms with E-state index in [4.69, 9.17) is 0 Å². The zero-order chi connectivity index (χ0) is 11.5. The largest absolute Gasteiger partial charge is 0.303 e. The Hall–Kier alpha value is -1.11. The number of benzene rings is 1. The highest BCUT2D eigenvalue weighted by Crippen LogP contribution is 2.38. The summed E-state index contributed by atoms with van der Waals surface area (Å²) < 4.78 is 0. The highest BCUT2D eigenvalue weighted by Gasteiger charge is 2.26. The minimum Gasteiger partial charge on any atom is -0.303 e. The van der Waals surface area contributed by atoms with Gasteiger partial charge in [0.25, 0.3) is 0 Å². The molecule has 0 fully saturated rings. The normalized spacial score (nSPS) is 13.6. The molecule has 0 spiro atoms. The Morgan fingerprint density at radius 3 is 2.33 bits per heavy atom. The van der Waals surface area contributed by atoms with Gasteiger partial charge in [0, 0.05) is 6.42 Å². The minimum atomic E-state index is 0.132. The van der Waals surface area contributed by atoms with Crippen LogP contribution >= 0.6 is 0 Å². The summed E-state index contributed by atoms with van der Waals surface area (Å²) in [6, 6.07) is 8.33. The highest BCUT2D eigenvalue weighted by atomic mass is 16.1. The Balaban J connectivity index is 3.10. The summed E-state index contributed by atoms with van der Waals surface area (Å²) in [5.41, 5.74) is 2.71. The van der Waals surface area contributed by atoms with E-state index in [1.807, 2.05) is 12.1 Å². The van der Waals surface area contributed by atoms with E-state index >= 15 is 0 Å². The maximum atomic E-state index is 10.7. The van der Waals surface area contributed by atoms with Crippen molar-refractivity contribution in [3.63, 3.8) is 0 Å². The van der Waals surface area contributed by atoms with E-state index < -0.39 is 0 Å². The van der Waals surface area contributed by atoms with Crippen LogP contribution in [0, 0.1) is 12.3 Å². The van der Waals surface area contributed by atoms with Gasteiger partial charge in [0.2, 0.25) is 0 Å². The molecule has 0 radical (unpaired) electrons. The summed E-state index contributed by atoms with van der Waals surface area (Å²) >= 11 is 0. The summed E-state index contributed by atoms with van der Waals surface area (Å²) in [7, 11) is 0. The molecule has 15 heavy (non-hydrogen) atoms. The van der Waals surface area contributed by atoms with Gasteiger partial charge in [0.05, 0.1) is 0 Å². The molecular weight excluding hydrogens is 184 g/mol. The van der Waals surface area contributed by atoms with Crippen molar-refractivity contribution in [2.45, 2.75) is 40.0 Å². The Labute approximate surface area is 92.5 Å². The second kappa shape index (κ2) is 4.61. The van der Waals surface area contributed by atoms with Gasteiger partial charge in [-0.25, -0.2) is 0 Å². The van der Waals surface area contributed by atoms with E-state index in [0.717, 1.165) is 6.29 Å². The molecule has 0 heterocycles. The van der Waals surface area contributed by atoms with Gasteiger partial charge >= 0.3 is 0 Å². The molecule has 1 nitrogen and oxygen atoms in total. The fourth-order valence-corrected chi connectivity index (χ4v) is 2.02. The van der Waals surface area contributed by atoms with Crippen LogP contribution in [-0.2, 0) is 4.79 Å². The topological polar surface area (TPSA) is 17.1 Å². The SMILES string of the molecule is Cc1ccccc1C(CC=O)C(C)(C)C. The second-order valence-electron chi connectivity index (χ2n) is 5.18. The van der Waals surface area contributed by atoms with Crippen molar-refractivity contribution in [3.05, 3.63) is 35.4 Å². The third kappa shape index (κ3) is 2.92. The zero-order valence-corrected chi connectivity index (χ0v) is 10.1. The number of aldehydes is 1. The van der Waals surface area contributed by atoms with Gasteiger partial charge in [-0.15, -0.1) is 0 Å². The minimum absolute atomic E-state index is 0.132. The van der Waals surface area contributed by atoms with Crippen LogP contribution in [0.2, 0.25) is 0 Å². The van der Waals surface area contributed by atoms with Crippen LogP contribution in [0.4, 0.5) is 0 Å². The average Bonchev–Trinajstić information content (AvgIpc) is 2.14. The van der Waals surface area contributed by atoms with Crippen LogP contribution in [0.25, 0.3) is 0 Å². The molecule has 1 unspecified atom stereocenters. The molecule has 0 saturated heterocycles. The van der Waals surface area contributed by atoms with E-state index in [1.165, 1.54) is 11.1 Å². The molecule has 0 aliphatic carbocycles. The molecule has 82 valence electrons. The molecule has 0 N–H and O–H groups in total. The molecule has 0 amide bonds. The van der Waals surface area contributed by atoms with E-state index in [2.05, 4.69) is 39.8 Å². The number of carbonyl (C=O) groups is 1. The number of hydrogen-bond acceptors (Lipinski definition) is 1. The maximum absolute atomic E-state index is 10.7. The third-order valence-corrected chi connectivity index (χ3v) is 2.94. The first-order valence-corrected chi connectivity index (χ1v) is 5.46. The van der Waals surface area contributed by atoms with Crippen LogP contribution in [0.5, 0.6) is 0 Å². The molecule has 0 bridgehead atoms. The van der Waals surface area contributed by atoms with Crippen molar-refractivity contribution in [1.29, 1.82) is 0 Å². The van der Waals surface area contributed by atoms with Crippen molar-refractivity contribution in [1.82, 2.24) is 0 Å². The van der Waals surface area contributed by atoms with E-state index in [-0.39, 0.29) is 5.41 Å². The lowest BCUT2D eigenvalue weighted by molar-refractivity contribution is -0.108. The van der Waals surface area contributed by atoms with Crippen molar-refractivity contribution in [2.24, 2.45) is 5.41 Å². The Morgan fingerprint density at radius 1 is 1.27 bits per heavy atom. The summed E-state index contributed by atoms with van der Waals surface area (Å²) in [4.78, 5) is 10.7. The first-order chi connectivity index (χ1) is 6.96. The van der Waals surface area contributed by atoms with Crippen molar-refractivity contribution < 1.29 is 4.79 Å². The van der Waals surface area contributed by atoms with E-state index in [9.17, 15) is 4.79 Å². The number of carbonyl (C=O) groups excluding carboxylic acids is 1. The van der Waals surface area contributed by atoms with E-state index in [0.29, 0.717) is 12.3 Å². The summed E-state index contributed by atoms with van der Waals surface area (Å²) in [5.74, 6) is 0.316. The molecule has 0 aromatic heterocycles. The lowest BCUT2D eigenvalue weighted by Gasteiger charge is -2.30. The van der Waals surface area contributed by atoms with Gasteiger partial charge in [0.15, 0.2) is 0 Å². The summed E-state index contributed by atoms with van der Waals surface area (Å²) in [5, 5.41) is 0. The first kappa shape index (κ1) is 12.0. The maximum Gasteiger partial charge on any atom is 0.120 e. The Bertz CT molecular complexity index is 333. The van der Waals surface area contributed by atoms with Crippen molar-refractivity contribution >= 4 is 6.29 Å². The smallest absolute Gasteiger partial charge is 0.120 e. The van der Waals surface area contributed by atoms with Crippen LogP contribution in [0.1, 0.15) is 44.2 Å². The second-order valence-corrected chi connectivity index (χ2v) is 5.18. The fraction of sp³-hybridized carbons (Fsp3) is 0.500. The summed E-state index contributed by atoms with van der Waals surface area (Å²) in [6.07, 6.45) is 1.64. The molecule has 1 atom stereocenters. The lowest BCUT2D eigenvalue weighted by Crippen LogP contribution is -2.19. The van der Waals surface area contributed by atoms with Crippen LogP contribution in [0.15, 0.2) is 24.3 Å². The average molecular weight is 204 g/mol. The molecule has 1 rings (SSSR count). The molecule has 1 aromatic carbocycles. The van der Waals surface area contributed by atoms with Crippen molar-refractivity contribution in [3.8, 4) is 0 Å². The van der Waals surface area contributed by atoms with Crippen LogP contribution in [-0.4, -0.2) is 6.29 Å². The molecule has 0 aliphatic rings. The highest BCUT2D eigenvalue weighted by molar-refractivity contribution is 5.52.